The number of amides is 1. The predicted octanol–water partition coefficient (Wildman–Crippen LogP) is 4.42. The second kappa shape index (κ2) is 7.58. The lowest BCUT2D eigenvalue weighted by Crippen LogP contribution is -2.27. The molecule has 2 aromatic carbocycles. The van der Waals surface area contributed by atoms with Gasteiger partial charge in [0.15, 0.2) is 11.5 Å². The van der Waals surface area contributed by atoms with Crippen molar-refractivity contribution < 1.29 is 29.3 Å². The molecule has 0 saturated heterocycles. The molecule has 160 valence electrons. The van der Waals surface area contributed by atoms with Crippen molar-refractivity contribution in [1.29, 1.82) is 0 Å². The summed E-state index contributed by atoms with van der Waals surface area (Å²) in [6.45, 7) is 1.80. The van der Waals surface area contributed by atoms with E-state index in [1.807, 2.05) is 0 Å². The first kappa shape index (κ1) is 20.7. The number of anilines is 1. The molecule has 31 heavy (non-hydrogen) atoms. The van der Waals surface area contributed by atoms with Crippen LogP contribution >= 0.6 is 0 Å². The molecule has 0 bridgehead atoms. The SMILES string of the molecule is Cc1ccc(NC(=O)C2(c3ccc(O)c(O)c3)CC2)cc1C1=C(F)C=CC(C(=O)O)C1. The third-order valence-corrected chi connectivity index (χ3v) is 6.04. The van der Waals surface area contributed by atoms with Crippen LogP contribution in [0.2, 0.25) is 0 Å². The van der Waals surface area contributed by atoms with Crippen molar-refractivity contribution >= 4 is 23.1 Å². The molecule has 2 aromatic rings. The monoisotopic (exact) mass is 423 g/mol. The first-order chi connectivity index (χ1) is 14.7. The highest BCUT2D eigenvalue weighted by atomic mass is 19.1. The number of rotatable bonds is 5. The molecule has 0 aromatic heterocycles. The molecule has 7 heteroatoms. The summed E-state index contributed by atoms with van der Waals surface area (Å²) in [6, 6.07) is 9.49. The molecule has 0 spiro atoms. The van der Waals surface area contributed by atoms with E-state index in [0.29, 0.717) is 35.2 Å². The van der Waals surface area contributed by atoms with Gasteiger partial charge in [-0.05, 0) is 78.8 Å². The van der Waals surface area contributed by atoms with Gasteiger partial charge in [0, 0.05) is 5.69 Å². The molecule has 0 radical (unpaired) electrons. The standard InChI is InChI=1S/C24H22FNO5/c1-13-2-5-16(12-17(13)18-10-14(22(29)30)3-6-19(18)25)26-23(31)24(8-9-24)15-4-7-20(27)21(28)11-15/h2-7,11-12,14,27-28H,8-10H2,1H3,(H,26,31)(H,29,30). The number of hydrogen-bond donors (Lipinski definition) is 4. The van der Waals surface area contributed by atoms with E-state index < -0.39 is 23.1 Å². The lowest BCUT2D eigenvalue weighted by molar-refractivity contribution is -0.139. The summed E-state index contributed by atoms with van der Waals surface area (Å²) in [5, 5.41) is 31.5. The summed E-state index contributed by atoms with van der Waals surface area (Å²) in [7, 11) is 0. The number of carbonyl (C=O) groups is 2. The molecule has 2 aliphatic carbocycles. The fraction of sp³-hybridized carbons (Fsp3) is 0.250. The molecule has 4 N–H and O–H groups in total. The number of phenols is 2. The van der Waals surface area contributed by atoms with Crippen LogP contribution in [0.4, 0.5) is 10.1 Å². The molecular formula is C24H22FNO5. The van der Waals surface area contributed by atoms with Gasteiger partial charge < -0.3 is 20.6 Å². The van der Waals surface area contributed by atoms with Gasteiger partial charge in [-0.3, -0.25) is 9.59 Å². The zero-order valence-corrected chi connectivity index (χ0v) is 16.9. The van der Waals surface area contributed by atoms with E-state index in [0.717, 1.165) is 5.56 Å². The van der Waals surface area contributed by atoms with Crippen LogP contribution in [0.3, 0.4) is 0 Å². The van der Waals surface area contributed by atoms with E-state index in [2.05, 4.69) is 5.32 Å². The number of halogens is 1. The van der Waals surface area contributed by atoms with Crippen LogP contribution in [0.25, 0.3) is 5.57 Å². The largest absolute Gasteiger partial charge is 0.504 e. The molecule has 1 amide bonds. The molecule has 1 fully saturated rings. The molecule has 1 unspecified atom stereocenters. The Labute approximate surface area is 178 Å². The van der Waals surface area contributed by atoms with Crippen LogP contribution < -0.4 is 5.32 Å². The lowest BCUT2D eigenvalue weighted by Gasteiger charge is -2.20. The summed E-state index contributed by atoms with van der Waals surface area (Å²) in [5.74, 6) is -3.09. The Bertz CT molecular complexity index is 1150. The molecule has 0 heterocycles. The van der Waals surface area contributed by atoms with Crippen molar-refractivity contribution in [3.05, 3.63) is 71.1 Å². The second-order valence-electron chi connectivity index (χ2n) is 8.10. The Hall–Kier alpha value is -3.61. The number of nitrogens with one attached hydrogen (secondary N) is 1. The highest BCUT2D eigenvalue weighted by Crippen LogP contribution is 2.50. The van der Waals surface area contributed by atoms with Gasteiger partial charge >= 0.3 is 5.97 Å². The first-order valence-corrected chi connectivity index (χ1v) is 9.96. The summed E-state index contributed by atoms with van der Waals surface area (Å²) >= 11 is 0. The number of aliphatic carboxylic acids is 1. The molecule has 0 aliphatic heterocycles. The maximum atomic E-state index is 14.5. The highest BCUT2D eigenvalue weighted by molar-refractivity contribution is 6.02. The Morgan fingerprint density at radius 3 is 2.48 bits per heavy atom. The summed E-state index contributed by atoms with van der Waals surface area (Å²) in [4.78, 5) is 24.4. The van der Waals surface area contributed by atoms with Crippen LogP contribution in [0.15, 0.2) is 54.4 Å². The van der Waals surface area contributed by atoms with Gasteiger partial charge in [-0.15, -0.1) is 0 Å². The zero-order valence-electron chi connectivity index (χ0n) is 16.9. The van der Waals surface area contributed by atoms with Crippen LogP contribution in [-0.2, 0) is 15.0 Å². The number of carboxylic acids is 1. The van der Waals surface area contributed by atoms with Crippen LogP contribution in [0, 0.1) is 12.8 Å². The number of hydrogen-bond acceptors (Lipinski definition) is 4. The number of aryl methyl sites for hydroxylation is 1. The van der Waals surface area contributed by atoms with Crippen LogP contribution in [0.5, 0.6) is 11.5 Å². The van der Waals surface area contributed by atoms with Gasteiger partial charge in [0.1, 0.15) is 5.83 Å². The third kappa shape index (κ3) is 3.79. The van der Waals surface area contributed by atoms with E-state index in [4.69, 9.17) is 0 Å². The maximum Gasteiger partial charge on any atom is 0.310 e. The van der Waals surface area contributed by atoms with E-state index >= 15 is 0 Å². The number of carboxylic acid groups (broad SMARTS) is 1. The average molecular weight is 423 g/mol. The summed E-state index contributed by atoms with van der Waals surface area (Å²) in [5.41, 5.74) is 1.92. The average Bonchev–Trinajstić information content (AvgIpc) is 3.54. The molecular weight excluding hydrogens is 401 g/mol. The second-order valence-corrected chi connectivity index (χ2v) is 8.10. The van der Waals surface area contributed by atoms with Crippen LogP contribution in [0.1, 0.15) is 36.0 Å². The summed E-state index contributed by atoms with van der Waals surface area (Å²) < 4.78 is 14.5. The topological polar surface area (TPSA) is 107 Å². The van der Waals surface area contributed by atoms with Crippen molar-refractivity contribution in [3.63, 3.8) is 0 Å². The molecule has 2 aliphatic rings. The van der Waals surface area contributed by atoms with Gasteiger partial charge in [0.2, 0.25) is 5.91 Å². The number of benzene rings is 2. The minimum absolute atomic E-state index is 0.0344. The number of carbonyl (C=O) groups excluding carboxylic acids is 1. The van der Waals surface area contributed by atoms with Gasteiger partial charge in [-0.2, -0.15) is 0 Å². The van der Waals surface area contributed by atoms with E-state index in [9.17, 15) is 29.3 Å². The zero-order chi connectivity index (χ0) is 22.3. The normalized spacial score (nSPS) is 19.2. The van der Waals surface area contributed by atoms with Gasteiger partial charge in [-0.1, -0.05) is 18.2 Å². The molecule has 6 nitrogen and oxygen atoms in total. The van der Waals surface area contributed by atoms with Crippen LogP contribution in [-0.4, -0.2) is 27.2 Å². The highest BCUT2D eigenvalue weighted by Gasteiger charge is 2.51. The summed E-state index contributed by atoms with van der Waals surface area (Å²) in [6.07, 6.45) is 3.76. The Kier molecular flexibility index (Phi) is 5.05. The number of phenolic OH excluding ortho intramolecular Hbond substituents is 2. The fourth-order valence-corrected chi connectivity index (χ4v) is 3.96. The Morgan fingerprint density at radius 2 is 1.84 bits per heavy atom. The Balaban J connectivity index is 1.61. The first-order valence-electron chi connectivity index (χ1n) is 9.96. The van der Waals surface area contributed by atoms with Crippen molar-refractivity contribution in [2.45, 2.75) is 31.6 Å². The van der Waals surface area contributed by atoms with Gasteiger partial charge in [0.25, 0.3) is 0 Å². The van der Waals surface area contributed by atoms with E-state index in [1.165, 1.54) is 24.3 Å². The molecule has 1 saturated carbocycles. The van der Waals surface area contributed by atoms with Crippen molar-refractivity contribution in [2.75, 3.05) is 5.32 Å². The minimum atomic E-state index is -1.02. The van der Waals surface area contributed by atoms with Gasteiger partial charge in [-0.25, -0.2) is 4.39 Å². The fourth-order valence-electron chi connectivity index (χ4n) is 3.96. The smallest absolute Gasteiger partial charge is 0.310 e. The number of allylic oxidation sites excluding steroid dienone is 3. The Morgan fingerprint density at radius 1 is 1.10 bits per heavy atom. The molecule has 4 rings (SSSR count). The van der Waals surface area contributed by atoms with Gasteiger partial charge in [0.05, 0.1) is 11.3 Å². The predicted molar refractivity (Wildman–Crippen MR) is 113 cm³/mol. The van der Waals surface area contributed by atoms with Crippen molar-refractivity contribution in [3.8, 4) is 11.5 Å². The lowest BCUT2D eigenvalue weighted by atomic mass is 9.87. The quantitative estimate of drug-likeness (QED) is 0.533. The van der Waals surface area contributed by atoms with Crippen molar-refractivity contribution in [2.24, 2.45) is 5.92 Å². The van der Waals surface area contributed by atoms with Crippen molar-refractivity contribution in [1.82, 2.24) is 0 Å². The van der Waals surface area contributed by atoms with E-state index in [-0.39, 0.29) is 23.8 Å². The maximum absolute atomic E-state index is 14.5. The minimum Gasteiger partial charge on any atom is -0.504 e. The third-order valence-electron chi connectivity index (χ3n) is 6.04. The molecule has 1 atom stereocenters. The number of aromatic hydroxyl groups is 2. The van der Waals surface area contributed by atoms with E-state index in [1.54, 1.807) is 31.2 Å².